The molecule has 1 aromatic carbocycles. The standard InChI is InChI=1S/C28H35NO7/c1-6-17(11-18-9-15(2)25(30)16(3)10-18)7-8-22-23-19(13-34-4)12-20-24(21(23)14-36-22)27(32)29(26(20)31)28(33)35-5/h9-11,20-22,24,30H,6-8,12-14H2,1-5H3/b17-11+/t20-,21+,22-,24-/m1/s1. The molecule has 2 fully saturated rings. The van der Waals surface area contributed by atoms with Crippen LogP contribution in [0.2, 0.25) is 0 Å². The van der Waals surface area contributed by atoms with Crippen molar-refractivity contribution in [3.05, 3.63) is 45.5 Å². The highest BCUT2D eigenvalue weighted by atomic mass is 16.5. The molecule has 0 spiro atoms. The molecule has 3 amide bonds. The first-order chi connectivity index (χ1) is 17.2. The molecule has 2 aliphatic heterocycles. The SMILES string of the molecule is CC/C(=C\c1cc(C)c(O)c(C)c1)CC[C@H]1OC[C@H]2C1=C(COC)C[C@H]1C(=O)N(C(=O)OC)C(=O)[C@H]12. The molecule has 2 saturated heterocycles. The molecule has 1 aromatic rings. The number of aryl methyl sites for hydroxylation is 2. The lowest BCUT2D eigenvalue weighted by atomic mass is 9.69. The first-order valence-electron chi connectivity index (χ1n) is 12.5. The molecular weight excluding hydrogens is 462 g/mol. The quantitative estimate of drug-likeness (QED) is 0.442. The zero-order valence-electron chi connectivity index (χ0n) is 21.6. The number of imide groups is 3. The summed E-state index contributed by atoms with van der Waals surface area (Å²) in [4.78, 5) is 38.9. The molecule has 0 saturated carbocycles. The Kier molecular flexibility index (Phi) is 7.66. The van der Waals surface area contributed by atoms with Crippen molar-refractivity contribution in [2.45, 2.75) is 52.6 Å². The summed E-state index contributed by atoms with van der Waals surface area (Å²) in [7, 11) is 2.78. The van der Waals surface area contributed by atoms with Crippen LogP contribution in [0.25, 0.3) is 6.08 Å². The number of aromatic hydroxyl groups is 1. The van der Waals surface area contributed by atoms with Gasteiger partial charge in [-0.25, -0.2) is 4.79 Å². The van der Waals surface area contributed by atoms with Crippen LogP contribution in [0.15, 0.2) is 28.9 Å². The Morgan fingerprint density at radius 2 is 1.86 bits per heavy atom. The predicted molar refractivity (Wildman–Crippen MR) is 133 cm³/mol. The van der Waals surface area contributed by atoms with Gasteiger partial charge in [0, 0.05) is 13.0 Å². The Labute approximate surface area is 211 Å². The van der Waals surface area contributed by atoms with Gasteiger partial charge in [-0.2, -0.15) is 4.90 Å². The van der Waals surface area contributed by atoms with Crippen LogP contribution in [0.5, 0.6) is 5.75 Å². The molecule has 0 bridgehead atoms. The number of likely N-dealkylation sites (tertiary alicyclic amines) is 1. The van der Waals surface area contributed by atoms with E-state index < -0.39 is 29.7 Å². The highest BCUT2D eigenvalue weighted by molar-refractivity contribution is 6.16. The minimum atomic E-state index is -0.929. The maximum atomic E-state index is 13.1. The van der Waals surface area contributed by atoms with Crippen molar-refractivity contribution in [1.82, 2.24) is 4.90 Å². The number of phenols is 1. The predicted octanol–water partition coefficient (Wildman–Crippen LogP) is 4.31. The third kappa shape index (κ3) is 4.60. The van der Waals surface area contributed by atoms with E-state index in [1.54, 1.807) is 7.11 Å². The van der Waals surface area contributed by atoms with Gasteiger partial charge < -0.3 is 19.3 Å². The molecular formula is C28H35NO7. The van der Waals surface area contributed by atoms with E-state index in [-0.39, 0.29) is 12.0 Å². The Morgan fingerprint density at radius 3 is 2.47 bits per heavy atom. The van der Waals surface area contributed by atoms with Gasteiger partial charge in [-0.15, -0.1) is 0 Å². The number of rotatable bonds is 7. The Balaban J connectivity index is 1.56. The lowest BCUT2D eigenvalue weighted by Crippen LogP contribution is -2.38. The summed E-state index contributed by atoms with van der Waals surface area (Å²) in [6.07, 6.45) is 3.88. The number of amides is 3. The molecule has 0 aromatic heterocycles. The zero-order valence-corrected chi connectivity index (χ0v) is 21.6. The number of phenolic OH excluding ortho intramolecular Hbond substituents is 1. The van der Waals surface area contributed by atoms with Gasteiger partial charge in [-0.1, -0.05) is 18.6 Å². The monoisotopic (exact) mass is 497 g/mol. The van der Waals surface area contributed by atoms with Crippen molar-refractivity contribution in [2.24, 2.45) is 17.8 Å². The molecule has 3 aliphatic rings. The van der Waals surface area contributed by atoms with Crippen LogP contribution in [0.3, 0.4) is 0 Å². The van der Waals surface area contributed by atoms with E-state index in [2.05, 4.69) is 13.0 Å². The summed E-state index contributed by atoms with van der Waals surface area (Å²) in [5, 5.41) is 10.1. The van der Waals surface area contributed by atoms with Crippen LogP contribution in [0, 0.1) is 31.6 Å². The molecule has 194 valence electrons. The van der Waals surface area contributed by atoms with Gasteiger partial charge in [0.25, 0.3) is 0 Å². The largest absolute Gasteiger partial charge is 0.507 e. The average Bonchev–Trinajstić information content (AvgIpc) is 3.38. The molecule has 1 aliphatic carbocycles. The highest BCUT2D eigenvalue weighted by Crippen LogP contribution is 2.50. The van der Waals surface area contributed by atoms with E-state index >= 15 is 0 Å². The second kappa shape index (κ2) is 10.6. The third-order valence-electron chi connectivity index (χ3n) is 7.75. The van der Waals surface area contributed by atoms with E-state index in [4.69, 9.17) is 14.2 Å². The number of carbonyl (C=O) groups excluding carboxylic acids is 3. The van der Waals surface area contributed by atoms with E-state index in [0.29, 0.717) is 30.3 Å². The van der Waals surface area contributed by atoms with E-state index in [1.807, 2.05) is 26.0 Å². The number of allylic oxidation sites excluding steroid dienone is 1. The highest BCUT2D eigenvalue weighted by Gasteiger charge is 2.58. The summed E-state index contributed by atoms with van der Waals surface area (Å²) in [6.45, 7) is 6.61. The van der Waals surface area contributed by atoms with E-state index in [9.17, 15) is 19.5 Å². The number of carbonyl (C=O) groups is 3. The van der Waals surface area contributed by atoms with Gasteiger partial charge >= 0.3 is 6.09 Å². The zero-order chi connectivity index (χ0) is 26.1. The topological polar surface area (TPSA) is 102 Å². The van der Waals surface area contributed by atoms with Gasteiger partial charge in [0.2, 0.25) is 11.8 Å². The first kappa shape index (κ1) is 26.1. The van der Waals surface area contributed by atoms with Gasteiger partial charge in [0.1, 0.15) is 5.75 Å². The molecule has 0 unspecified atom stereocenters. The normalized spacial score (nSPS) is 25.9. The number of nitrogens with zero attached hydrogens (tertiary/aromatic N) is 1. The number of hydrogen-bond donors (Lipinski definition) is 1. The number of ether oxygens (including phenoxy) is 3. The van der Waals surface area contributed by atoms with Crippen LogP contribution in [-0.2, 0) is 23.8 Å². The summed E-state index contributed by atoms with van der Waals surface area (Å²) in [6, 6.07) is 3.97. The molecule has 4 rings (SSSR count). The molecule has 0 radical (unpaired) electrons. The fourth-order valence-corrected chi connectivity index (χ4v) is 6.03. The van der Waals surface area contributed by atoms with Crippen LogP contribution in [-0.4, -0.2) is 61.5 Å². The molecule has 4 atom stereocenters. The second-order valence-corrected chi connectivity index (χ2v) is 9.94. The van der Waals surface area contributed by atoms with Gasteiger partial charge in [0.15, 0.2) is 0 Å². The van der Waals surface area contributed by atoms with Crippen molar-refractivity contribution in [3.63, 3.8) is 0 Å². The number of methoxy groups -OCH3 is 2. The van der Waals surface area contributed by atoms with Gasteiger partial charge in [-0.3, -0.25) is 9.59 Å². The lowest BCUT2D eigenvalue weighted by molar-refractivity contribution is -0.137. The van der Waals surface area contributed by atoms with Crippen molar-refractivity contribution >= 4 is 24.0 Å². The molecule has 8 nitrogen and oxygen atoms in total. The second-order valence-electron chi connectivity index (χ2n) is 9.94. The van der Waals surface area contributed by atoms with Crippen LogP contribution in [0.4, 0.5) is 4.79 Å². The summed E-state index contributed by atoms with van der Waals surface area (Å²) in [5.41, 5.74) is 6.06. The number of fused-ring (bicyclic) bond motifs is 3. The van der Waals surface area contributed by atoms with E-state index in [1.165, 1.54) is 12.7 Å². The lowest BCUT2D eigenvalue weighted by Gasteiger charge is -2.31. The van der Waals surface area contributed by atoms with Crippen LogP contribution in [0.1, 0.15) is 49.3 Å². The van der Waals surface area contributed by atoms with Crippen molar-refractivity contribution in [3.8, 4) is 5.75 Å². The molecule has 8 heteroatoms. The van der Waals surface area contributed by atoms with Crippen molar-refractivity contribution < 1.29 is 33.7 Å². The molecule has 36 heavy (non-hydrogen) atoms. The minimum Gasteiger partial charge on any atom is -0.507 e. The average molecular weight is 498 g/mol. The van der Waals surface area contributed by atoms with Gasteiger partial charge in [0.05, 0.1) is 38.3 Å². The number of benzene rings is 1. The van der Waals surface area contributed by atoms with Crippen LogP contribution < -0.4 is 0 Å². The van der Waals surface area contributed by atoms with Crippen molar-refractivity contribution in [1.29, 1.82) is 0 Å². The first-order valence-corrected chi connectivity index (χ1v) is 12.5. The van der Waals surface area contributed by atoms with Gasteiger partial charge in [-0.05, 0) is 79.5 Å². The summed E-state index contributed by atoms with van der Waals surface area (Å²) < 4.78 is 16.4. The minimum absolute atomic E-state index is 0.172. The smallest absolute Gasteiger partial charge is 0.423 e. The summed E-state index contributed by atoms with van der Waals surface area (Å²) in [5.74, 6) is -2.11. The van der Waals surface area contributed by atoms with Crippen molar-refractivity contribution in [2.75, 3.05) is 27.4 Å². The fraction of sp³-hybridized carbons (Fsp3) is 0.536. The Bertz CT molecular complexity index is 1110. The summed E-state index contributed by atoms with van der Waals surface area (Å²) >= 11 is 0. The maximum Gasteiger partial charge on any atom is 0.423 e. The Hall–Kier alpha value is -2.97. The molecule has 2 heterocycles. The van der Waals surface area contributed by atoms with Crippen LogP contribution >= 0.6 is 0 Å². The van der Waals surface area contributed by atoms with E-state index in [0.717, 1.165) is 47.1 Å². The fourth-order valence-electron chi connectivity index (χ4n) is 6.03. The maximum absolute atomic E-state index is 13.1. The molecule has 1 N–H and O–H groups in total. The third-order valence-corrected chi connectivity index (χ3v) is 7.75. The Morgan fingerprint density at radius 1 is 1.17 bits per heavy atom. The number of hydrogen-bond acceptors (Lipinski definition) is 7.